The summed E-state index contributed by atoms with van der Waals surface area (Å²) in [5.74, 6) is 0.866. The second-order valence-electron chi connectivity index (χ2n) is 4.43. The molecule has 1 aliphatic rings. The van der Waals surface area contributed by atoms with Gasteiger partial charge in [0.2, 0.25) is 0 Å². The lowest BCUT2D eigenvalue weighted by Crippen LogP contribution is -2.11. The molecule has 1 aromatic rings. The molecule has 1 heteroatoms. The Labute approximate surface area is 91.5 Å². The number of ketones is 1. The summed E-state index contributed by atoms with van der Waals surface area (Å²) < 4.78 is 0. The summed E-state index contributed by atoms with van der Waals surface area (Å²) in [4.78, 5) is 11.8. The van der Waals surface area contributed by atoms with Gasteiger partial charge < -0.3 is 0 Å². The van der Waals surface area contributed by atoms with E-state index in [2.05, 4.69) is 12.1 Å². The van der Waals surface area contributed by atoms with Crippen molar-refractivity contribution in [2.24, 2.45) is 5.92 Å². The van der Waals surface area contributed by atoms with Crippen molar-refractivity contribution in [3.8, 4) is 0 Å². The number of rotatable bonds is 4. The summed E-state index contributed by atoms with van der Waals surface area (Å²) in [5, 5.41) is 0. The largest absolute Gasteiger partial charge is 0.299 e. The van der Waals surface area contributed by atoms with Gasteiger partial charge in [0.05, 0.1) is 0 Å². The highest BCUT2D eigenvalue weighted by Crippen LogP contribution is 2.26. The molecule has 1 aromatic carbocycles. The van der Waals surface area contributed by atoms with Crippen LogP contribution in [0.2, 0.25) is 0 Å². The first kappa shape index (κ1) is 10.4. The van der Waals surface area contributed by atoms with E-state index in [4.69, 9.17) is 0 Å². The molecular formula is C14H18O. The van der Waals surface area contributed by atoms with Crippen LogP contribution in [0.1, 0.15) is 37.7 Å². The molecule has 1 nitrogen and oxygen atoms in total. The Morgan fingerprint density at radius 3 is 2.47 bits per heavy atom. The molecule has 0 spiro atoms. The lowest BCUT2D eigenvalue weighted by molar-refractivity contribution is -0.122. The maximum atomic E-state index is 11.8. The van der Waals surface area contributed by atoms with E-state index in [1.165, 1.54) is 18.4 Å². The van der Waals surface area contributed by atoms with Crippen LogP contribution in [0.5, 0.6) is 0 Å². The first-order valence-electron chi connectivity index (χ1n) is 5.93. The smallest absolute Gasteiger partial charge is 0.136 e. The summed E-state index contributed by atoms with van der Waals surface area (Å²) in [6.07, 6.45) is 6.41. The topological polar surface area (TPSA) is 17.1 Å². The Morgan fingerprint density at radius 1 is 1.13 bits per heavy atom. The fourth-order valence-corrected chi connectivity index (χ4v) is 2.36. The zero-order valence-corrected chi connectivity index (χ0v) is 9.11. The molecule has 0 radical (unpaired) electrons. The Morgan fingerprint density at radius 2 is 1.80 bits per heavy atom. The van der Waals surface area contributed by atoms with Gasteiger partial charge in [0, 0.05) is 12.3 Å². The molecular weight excluding hydrogens is 184 g/mol. The van der Waals surface area contributed by atoms with Crippen LogP contribution in [0.15, 0.2) is 30.3 Å². The molecule has 0 aliphatic heterocycles. The maximum absolute atomic E-state index is 11.8. The van der Waals surface area contributed by atoms with Crippen LogP contribution in [-0.4, -0.2) is 5.78 Å². The van der Waals surface area contributed by atoms with Gasteiger partial charge in [-0.05, 0) is 24.8 Å². The molecule has 1 aliphatic carbocycles. The highest BCUT2D eigenvalue weighted by atomic mass is 16.1. The minimum Gasteiger partial charge on any atom is -0.299 e. The minimum atomic E-state index is 0.383. The first-order valence-corrected chi connectivity index (χ1v) is 5.93. The van der Waals surface area contributed by atoms with Crippen molar-refractivity contribution in [1.29, 1.82) is 0 Å². The van der Waals surface area contributed by atoms with E-state index >= 15 is 0 Å². The van der Waals surface area contributed by atoms with Crippen LogP contribution in [0.4, 0.5) is 0 Å². The van der Waals surface area contributed by atoms with Crippen LogP contribution in [-0.2, 0) is 11.2 Å². The third kappa shape index (κ3) is 2.92. The maximum Gasteiger partial charge on any atom is 0.136 e. The Hall–Kier alpha value is -1.11. The molecule has 0 N–H and O–H groups in total. The summed E-state index contributed by atoms with van der Waals surface area (Å²) in [6.45, 7) is 0. The minimum absolute atomic E-state index is 0.383. The molecule has 1 fully saturated rings. The number of benzene rings is 1. The summed E-state index contributed by atoms with van der Waals surface area (Å²) in [5.41, 5.74) is 1.28. The average Bonchev–Trinajstić information content (AvgIpc) is 2.81. The van der Waals surface area contributed by atoms with Gasteiger partial charge in [-0.1, -0.05) is 43.2 Å². The Kier molecular flexibility index (Phi) is 3.54. The van der Waals surface area contributed by atoms with Crippen LogP contribution in [0, 0.1) is 5.92 Å². The van der Waals surface area contributed by atoms with Gasteiger partial charge in [0.1, 0.15) is 5.78 Å². The van der Waals surface area contributed by atoms with Gasteiger partial charge in [-0.2, -0.15) is 0 Å². The average molecular weight is 202 g/mol. The number of carbonyl (C=O) groups is 1. The van der Waals surface area contributed by atoms with Gasteiger partial charge >= 0.3 is 0 Å². The van der Waals surface area contributed by atoms with Gasteiger partial charge in [-0.25, -0.2) is 0 Å². The normalized spacial score (nSPS) is 16.8. The standard InChI is InChI=1S/C14H18O/c15-14(13-8-4-5-9-13)11-10-12-6-2-1-3-7-12/h1-3,6-7,13H,4-5,8-11H2. The van der Waals surface area contributed by atoms with Crippen LogP contribution in [0.25, 0.3) is 0 Å². The van der Waals surface area contributed by atoms with Crippen molar-refractivity contribution >= 4 is 5.78 Å². The van der Waals surface area contributed by atoms with E-state index < -0.39 is 0 Å². The second kappa shape index (κ2) is 5.11. The zero-order chi connectivity index (χ0) is 10.5. The predicted octanol–water partition coefficient (Wildman–Crippen LogP) is 3.38. The molecule has 0 saturated heterocycles. The highest BCUT2D eigenvalue weighted by molar-refractivity contribution is 5.81. The monoisotopic (exact) mass is 202 g/mol. The molecule has 0 heterocycles. The van der Waals surface area contributed by atoms with Crippen LogP contribution >= 0.6 is 0 Å². The van der Waals surface area contributed by atoms with Crippen molar-refractivity contribution < 1.29 is 4.79 Å². The van der Waals surface area contributed by atoms with E-state index in [9.17, 15) is 4.79 Å². The molecule has 15 heavy (non-hydrogen) atoms. The van der Waals surface area contributed by atoms with Crippen molar-refractivity contribution in [3.63, 3.8) is 0 Å². The molecule has 1 saturated carbocycles. The summed E-state index contributed by atoms with van der Waals surface area (Å²) >= 11 is 0. The van der Waals surface area contributed by atoms with E-state index in [1.807, 2.05) is 18.2 Å². The fraction of sp³-hybridized carbons (Fsp3) is 0.500. The Bertz CT molecular complexity index is 309. The molecule has 0 atom stereocenters. The quantitative estimate of drug-likeness (QED) is 0.731. The molecule has 0 bridgehead atoms. The van der Waals surface area contributed by atoms with Gasteiger partial charge in [-0.3, -0.25) is 4.79 Å². The molecule has 80 valence electrons. The van der Waals surface area contributed by atoms with E-state index in [-0.39, 0.29) is 0 Å². The second-order valence-corrected chi connectivity index (χ2v) is 4.43. The number of carbonyl (C=O) groups excluding carboxylic acids is 1. The fourth-order valence-electron chi connectivity index (χ4n) is 2.36. The zero-order valence-electron chi connectivity index (χ0n) is 9.11. The summed E-state index contributed by atoms with van der Waals surface area (Å²) in [6, 6.07) is 10.3. The molecule has 0 aromatic heterocycles. The van der Waals surface area contributed by atoms with Crippen LogP contribution in [0.3, 0.4) is 0 Å². The van der Waals surface area contributed by atoms with Crippen LogP contribution < -0.4 is 0 Å². The molecule has 0 amide bonds. The van der Waals surface area contributed by atoms with Crippen molar-refractivity contribution in [2.75, 3.05) is 0 Å². The third-order valence-corrected chi connectivity index (χ3v) is 3.31. The van der Waals surface area contributed by atoms with Gasteiger partial charge in [-0.15, -0.1) is 0 Å². The number of hydrogen-bond donors (Lipinski definition) is 0. The van der Waals surface area contributed by atoms with Crippen molar-refractivity contribution in [1.82, 2.24) is 0 Å². The lowest BCUT2D eigenvalue weighted by atomic mass is 9.97. The number of hydrogen-bond acceptors (Lipinski definition) is 1. The van der Waals surface area contributed by atoms with Gasteiger partial charge in [0.25, 0.3) is 0 Å². The molecule has 2 rings (SSSR count). The van der Waals surface area contributed by atoms with E-state index in [0.717, 1.165) is 25.7 Å². The first-order chi connectivity index (χ1) is 7.36. The number of aryl methyl sites for hydroxylation is 1. The van der Waals surface area contributed by atoms with E-state index in [1.54, 1.807) is 0 Å². The highest BCUT2D eigenvalue weighted by Gasteiger charge is 2.21. The molecule has 0 unspecified atom stereocenters. The number of Topliss-reactive ketones (excluding diaryl/α,β-unsaturated/α-hetero) is 1. The van der Waals surface area contributed by atoms with Gasteiger partial charge in [0.15, 0.2) is 0 Å². The van der Waals surface area contributed by atoms with E-state index in [0.29, 0.717) is 11.7 Å². The summed E-state index contributed by atoms with van der Waals surface area (Å²) in [7, 11) is 0. The van der Waals surface area contributed by atoms with Crippen molar-refractivity contribution in [2.45, 2.75) is 38.5 Å². The third-order valence-electron chi connectivity index (χ3n) is 3.31. The Balaban J connectivity index is 1.80. The lowest BCUT2D eigenvalue weighted by Gasteiger charge is -2.07. The SMILES string of the molecule is O=C(CCc1ccccc1)C1CCCC1. The van der Waals surface area contributed by atoms with Crippen molar-refractivity contribution in [3.05, 3.63) is 35.9 Å². The predicted molar refractivity (Wildman–Crippen MR) is 61.7 cm³/mol.